The van der Waals surface area contributed by atoms with Crippen LogP contribution < -0.4 is 4.83 Å². The maximum atomic E-state index is 12.3. The van der Waals surface area contributed by atoms with Crippen LogP contribution in [0.15, 0.2) is 58.7 Å². The van der Waals surface area contributed by atoms with E-state index < -0.39 is 10.0 Å². The normalized spacial score (nSPS) is 11.8. The van der Waals surface area contributed by atoms with E-state index in [0.29, 0.717) is 16.3 Å². The van der Waals surface area contributed by atoms with Crippen molar-refractivity contribution in [3.63, 3.8) is 0 Å². The predicted octanol–water partition coefficient (Wildman–Crippen LogP) is 4.35. The van der Waals surface area contributed by atoms with Gasteiger partial charge in [0.25, 0.3) is 10.0 Å². The van der Waals surface area contributed by atoms with E-state index in [1.165, 1.54) is 30.6 Å². The van der Waals surface area contributed by atoms with Gasteiger partial charge in [-0.05, 0) is 30.3 Å². The first-order valence-corrected chi connectivity index (χ1v) is 9.78. The van der Waals surface area contributed by atoms with Crippen molar-refractivity contribution in [2.45, 2.75) is 4.90 Å². The molecule has 3 rings (SSSR count). The lowest BCUT2D eigenvalue weighted by atomic mass is 10.1. The minimum absolute atomic E-state index is 0.0438. The molecule has 0 amide bonds. The van der Waals surface area contributed by atoms with Crippen molar-refractivity contribution in [2.24, 2.45) is 5.10 Å². The number of hydrazone groups is 1. The number of H-pyrrole nitrogens is 1. The van der Waals surface area contributed by atoms with E-state index in [1.54, 1.807) is 12.1 Å². The lowest BCUT2D eigenvalue weighted by Gasteiger charge is -2.06. The molecule has 6 nitrogen and oxygen atoms in total. The molecular formula is C16H11Cl3N4O2S. The van der Waals surface area contributed by atoms with Crippen LogP contribution in [-0.2, 0) is 10.0 Å². The summed E-state index contributed by atoms with van der Waals surface area (Å²) in [5.41, 5.74) is 2.09. The fraction of sp³-hybridized carbons (Fsp3) is 0. The number of halogens is 3. The molecule has 3 aromatic rings. The number of rotatable bonds is 5. The van der Waals surface area contributed by atoms with Gasteiger partial charge in [0.2, 0.25) is 0 Å². The molecule has 0 saturated heterocycles. The van der Waals surface area contributed by atoms with Gasteiger partial charge in [0.05, 0.1) is 23.1 Å². The van der Waals surface area contributed by atoms with Crippen LogP contribution in [0, 0.1) is 0 Å². The van der Waals surface area contributed by atoms with Crippen molar-refractivity contribution in [3.8, 4) is 11.3 Å². The van der Waals surface area contributed by atoms with E-state index in [0.717, 1.165) is 5.56 Å². The first kappa shape index (κ1) is 18.7. The summed E-state index contributed by atoms with van der Waals surface area (Å²) >= 11 is 17.6. The van der Waals surface area contributed by atoms with Gasteiger partial charge in [-0.1, -0.05) is 46.9 Å². The van der Waals surface area contributed by atoms with Crippen LogP contribution in [-0.4, -0.2) is 24.8 Å². The summed E-state index contributed by atoms with van der Waals surface area (Å²) in [6.45, 7) is 0. The first-order valence-electron chi connectivity index (χ1n) is 7.16. The molecule has 0 saturated carbocycles. The molecule has 134 valence electrons. The average molecular weight is 430 g/mol. The molecule has 2 N–H and O–H groups in total. The Bertz CT molecular complexity index is 1060. The molecule has 1 aromatic heterocycles. The second-order valence-electron chi connectivity index (χ2n) is 5.13. The SMILES string of the molecule is O=S(=O)(NN=Cc1cn[nH]c1-c1ccc(Cl)cc1)c1cc(Cl)ccc1Cl. The van der Waals surface area contributed by atoms with Crippen molar-refractivity contribution >= 4 is 51.0 Å². The Morgan fingerprint density at radius 1 is 1.04 bits per heavy atom. The number of hydrogen-bond donors (Lipinski definition) is 2. The zero-order valence-electron chi connectivity index (χ0n) is 12.9. The highest BCUT2D eigenvalue weighted by molar-refractivity contribution is 7.89. The summed E-state index contributed by atoms with van der Waals surface area (Å²) in [5.74, 6) is 0. The Kier molecular flexibility index (Phi) is 5.52. The van der Waals surface area contributed by atoms with Gasteiger partial charge < -0.3 is 0 Å². The summed E-state index contributed by atoms with van der Waals surface area (Å²) in [6, 6.07) is 11.2. The van der Waals surface area contributed by atoms with E-state index in [2.05, 4.69) is 20.1 Å². The lowest BCUT2D eigenvalue weighted by Crippen LogP contribution is -2.18. The van der Waals surface area contributed by atoms with E-state index in [1.807, 2.05) is 12.1 Å². The Morgan fingerprint density at radius 3 is 2.46 bits per heavy atom. The van der Waals surface area contributed by atoms with E-state index in [4.69, 9.17) is 34.8 Å². The van der Waals surface area contributed by atoms with Crippen LogP contribution in [0.2, 0.25) is 15.1 Å². The molecule has 0 bridgehead atoms. The Morgan fingerprint density at radius 2 is 1.73 bits per heavy atom. The smallest absolute Gasteiger partial charge is 0.277 e. The van der Waals surface area contributed by atoms with E-state index in [9.17, 15) is 8.42 Å². The number of benzene rings is 2. The molecule has 0 atom stereocenters. The maximum absolute atomic E-state index is 12.3. The number of aromatic amines is 1. The van der Waals surface area contributed by atoms with E-state index in [-0.39, 0.29) is 14.9 Å². The van der Waals surface area contributed by atoms with Gasteiger partial charge in [-0.3, -0.25) is 5.10 Å². The number of nitrogens with one attached hydrogen (secondary N) is 2. The summed E-state index contributed by atoms with van der Waals surface area (Å²) in [6.07, 6.45) is 2.86. The second kappa shape index (κ2) is 7.67. The lowest BCUT2D eigenvalue weighted by molar-refractivity contribution is 0.585. The monoisotopic (exact) mass is 428 g/mol. The molecule has 0 fully saturated rings. The van der Waals surface area contributed by atoms with Crippen LogP contribution >= 0.6 is 34.8 Å². The highest BCUT2D eigenvalue weighted by Crippen LogP contribution is 2.25. The van der Waals surface area contributed by atoms with Gasteiger partial charge in [-0.2, -0.15) is 18.6 Å². The Labute approximate surface area is 164 Å². The standard InChI is InChI=1S/C16H11Cl3N4O2S/c17-12-3-1-10(2-4-12)16-11(8-20-22-16)9-21-23-26(24,25)15-7-13(18)5-6-14(15)19/h1-9,23H,(H,20,22). The van der Waals surface area contributed by atoms with Gasteiger partial charge in [-0.15, -0.1) is 0 Å². The fourth-order valence-electron chi connectivity index (χ4n) is 2.14. The maximum Gasteiger partial charge on any atom is 0.278 e. The number of sulfonamides is 1. The molecule has 0 aliphatic rings. The van der Waals surface area contributed by atoms with E-state index >= 15 is 0 Å². The third-order valence-corrected chi connectivity index (χ3v) is 5.55. The summed E-state index contributed by atoms with van der Waals surface area (Å²) in [5, 5.41) is 11.5. The van der Waals surface area contributed by atoms with Crippen LogP contribution in [0.5, 0.6) is 0 Å². The largest absolute Gasteiger partial charge is 0.278 e. The highest BCUT2D eigenvalue weighted by Gasteiger charge is 2.17. The molecule has 0 unspecified atom stereocenters. The first-order chi connectivity index (χ1) is 12.4. The fourth-order valence-corrected chi connectivity index (χ4v) is 3.82. The minimum Gasteiger partial charge on any atom is -0.277 e. The van der Waals surface area contributed by atoms with Crippen LogP contribution in [0.4, 0.5) is 0 Å². The molecule has 0 radical (unpaired) electrons. The quantitative estimate of drug-likeness (QED) is 0.467. The number of nitrogens with zero attached hydrogens (tertiary/aromatic N) is 2. The van der Waals surface area contributed by atoms with Crippen molar-refractivity contribution in [3.05, 3.63) is 69.3 Å². The molecule has 1 heterocycles. The number of hydrogen-bond acceptors (Lipinski definition) is 4. The molecule has 0 aliphatic heterocycles. The average Bonchev–Trinajstić information content (AvgIpc) is 3.06. The molecule has 26 heavy (non-hydrogen) atoms. The van der Waals surface area contributed by atoms with Gasteiger partial charge in [0.15, 0.2) is 0 Å². The van der Waals surface area contributed by atoms with Crippen molar-refractivity contribution in [1.29, 1.82) is 0 Å². The molecule has 2 aromatic carbocycles. The van der Waals surface area contributed by atoms with Gasteiger partial charge >= 0.3 is 0 Å². The van der Waals surface area contributed by atoms with Crippen molar-refractivity contribution in [2.75, 3.05) is 0 Å². The zero-order valence-corrected chi connectivity index (χ0v) is 16.0. The van der Waals surface area contributed by atoms with Crippen molar-refractivity contribution < 1.29 is 8.42 Å². The molecule has 0 spiro atoms. The summed E-state index contributed by atoms with van der Waals surface area (Å²) < 4.78 is 24.6. The molecule has 10 heteroatoms. The highest BCUT2D eigenvalue weighted by atomic mass is 35.5. The summed E-state index contributed by atoms with van der Waals surface area (Å²) in [7, 11) is -3.96. The third-order valence-electron chi connectivity index (χ3n) is 3.36. The second-order valence-corrected chi connectivity index (χ2v) is 8.04. The van der Waals surface area contributed by atoms with Gasteiger partial charge in [-0.25, -0.2) is 4.83 Å². The molecule has 0 aliphatic carbocycles. The van der Waals surface area contributed by atoms with Crippen LogP contribution in [0.1, 0.15) is 5.56 Å². The Balaban J connectivity index is 1.82. The topological polar surface area (TPSA) is 87.2 Å². The van der Waals surface area contributed by atoms with Gasteiger partial charge in [0.1, 0.15) is 4.90 Å². The predicted molar refractivity (Wildman–Crippen MR) is 103 cm³/mol. The van der Waals surface area contributed by atoms with Gasteiger partial charge in [0, 0.05) is 21.2 Å². The minimum atomic E-state index is -3.96. The molecular weight excluding hydrogens is 419 g/mol. The van der Waals surface area contributed by atoms with Crippen molar-refractivity contribution in [1.82, 2.24) is 15.0 Å². The Hall–Kier alpha value is -2.06. The van der Waals surface area contributed by atoms with Crippen LogP contribution in [0.25, 0.3) is 11.3 Å². The summed E-state index contributed by atoms with van der Waals surface area (Å²) in [4.78, 5) is 1.95. The third kappa shape index (κ3) is 4.19. The van der Waals surface area contributed by atoms with Crippen LogP contribution in [0.3, 0.4) is 0 Å². The zero-order chi connectivity index (χ0) is 18.7. The number of aromatic nitrogens is 2.